The van der Waals surface area contributed by atoms with E-state index in [0.717, 1.165) is 10.7 Å². The molecular formula is C20H19BrN2O5S. The maximum Gasteiger partial charge on any atom is 0.322 e. The predicted octanol–water partition coefficient (Wildman–Crippen LogP) is 4.61. The van der Waals surface area contributed by atoms with Gasteiger partial charge in [0.15, 0.2) is 0 Å². The number of furan rings is 1. The van der Waals surface area contributed by atoms with Gasteiger partial charge in [-0.05, 0) is 48.0 Å². The zero-order valence-electron chi connectivity index (χ0n) is 15.5. The number of urea groups is 1. The first kappa shape index (κ1) is 20.9. The number of amides is 2. The highest BCUT2D eigenvalue weighted by atomic mass is 79.9. The van der Waals surface area contributed by atoms with Crippen molar-refractivity contribution in [2.24, 2.45) is 0 Å². The number of benzene rings is 2. The average molecular weight is 479 g/mol. The van der Waals surface area contributed by atoms with Crippen LogP contribution in [0.2, 0.25) is 0 Å². The molecule has 7 nitrogen and oxygen atoms in total. The minimum absolute atomic E-state index is 0.190. The third kappa shape index (κ3) is 6.65. The van der Waals surface area contributed by atoms with Crippen molar-refractivity contribution in [3.63, 3.8) is 0 Å². The number of hydrogen-bond donors (Lipinski definition) is 1. The summed E-state index contributed by atoms with van der Waals surface area (Å²) in [5.41, 5.74) is 1.35. The summed E-state index contributed by atoms with van der Waals surface area (Å²) < 4.78 is 33.9. The van der Waals surface area contributed by atoms with Crippen LogP contribution in [0.4, 0.5) is 10.5 Å². The molecule has 0 saturated carbocycles. The van der Waals surface area contributed by atoms with E-state index in [1.807, 2.05) is 12.1 Å². The summed E-state index contributed by atoms with van der Waals surface area (Å²) in [7, 11) is -3.64. The molecule has 1 aromatic heterocycles. The molecule has 0 aliphatic carbocycles. The highest BCUT2D eigenvalue weighted by molar-refractivity contribution is 9.10. The molecule has 152 valence electrons. The number of halogens is 1. The van der Waals surface area contributed by atoms with Crippen molar-refractivity contribution in [1.82, 2.24) is 4.90 Å². The van der Waals surface area contributed by atoms with Crippen LogP contribution in [0.3, 0.4) is 0 Å². The standard InChI is InChI=1S/C20H19BrN2O5S/c1-29(25,26)28-18-8-2-5-15(11-18)13-23(14-19-9-4-10-27-19)20(24)22-17-7-3-6-16(21)12-17/h2-12H,13-14H2,1H3,(H,22,24). The molecule has 3 aromatic rings. The zero-order valence-corrected chi connectivity index (χ0v) is 17.9. The van der Waals surface area contributed by atoms with Crippen molar-refractivity contribution in [2.45, 2.75) is 13.1 Å². The molecule has 2 aromatic carbocycles. The van der Waals surface area contributed by atoms with Crippen LogP contribution in [0.15, 0.2) is 75.8 Å². The Kier molecular flexibility index (Phi) is 6.60. The van der Waals surface area contributed by atoms with Gasteiger partial charge in [-0.1, -0.05) is 34.1 Å². The third-order valence-corrected chi connectivity index (χ3v) is 4.80. The molecule has 0 bridgehead atoms. The first-order chi connectivity index (χ1) is 13.8. The SMILES string of the molecule is CS(=O)(=O)Oc1cccc(CN(Cc2ccco2)C(=O)Nc2cccc(Br)c2)c1. The normalized spacial score (nSPS) is 11.1. The van der Waals surface area contributed by atoms with Gasteiger partial charge in [0.2, 0.25) is 0 Å². The zero-order chi connectivity index (χ0) is 20.9. The van der Waals surface area contributed by atoms with Crippen molar-refractivity contribution in [1.29, 1.82) is 0 Å². The van der Waals surface area contributed by atoms with Crippen LogP contribution in [0.25, 0.3) is 0 Å². The van der Waals surface area contributed by atoms with E-state index < -0.39 is 10.1 Å². The molecule has 3 rings (SSSR count). The van der Waals surface area contributed by atoms with Crippen LogP contribution < -0.4 is 9.50 Å². The Morgan fingerprint density at radius 3 is 2.59 bits per heavy atom. The largest absolute Gasteiger partial charge is 0.467 e. The molecule has 0 aliphatic heterocycles. The van der Waals surface area contributed by atoms with Gasteiger partial charge in [0.1, 0.15) is 11.5 Å². The van der Waals surface area contributed by atoms with Gasteiger partial charge in [0, 0.05) is 16.7 Å². The molecule has 0 radical (unpaired) electrons. The summed E-state index contributed by atoms with van der Waals surface area (Å²) in [6.07, 6.45) is 2.52. The molecule has 0 unspecified atom stereocenters. The molecule has 1 heterocycles. The lowest BCUT2D eigenvalue weighted by Crippen LogP contribution is -2.34. The maximum atomic E-state index is 12.9. The third-order valence-electron chi connectivity index (χ3n) is 3.81. The summed E-state index contributed by atoms with van der Waals surface area (Å²) in [5, 5.41) is 2.86. The van der Waals surface area contributed by atoms with E-state index >= 15 is 0 Å². The Balaban J connectivity index is 1.80. The molecule has 0 atom stereocenters. The molecule has 9 heteroatoms. The first-order valence-corrected chi connectivity index (χ1v) is 11.2. The monoisotopic (exact) mass is 478 g/mol. The minimum Gasteiger partial charge on any atom is -0.467 e. The summed E-state index contributed by atoms with van der Waals surface area (Å²) in [5.74, 6) is 0.813. The number of carbonyl (C=O) groups excluding carboxylic acids is 1. The molecular weight excluding hydrogens is 460 g/mol. The van der Waals surface area contributed by atoms with Crippen molar-refractivity contribution >= 4 is 37.8 Å². The second-order valence-corrected chi connectivity index (χ2v) is 8.80. The molecule has 2 amide bonds. The van der Waals surface area contributed by atoms with E-state index in [4.69, 9.17) is 8.60 Å². The van der Waals surface area contributed by atoms with Gasteiger partial charge in [-0.15, -0.1) is 0 Å². The van der Waals surface area contributed by atoms with Crippen molar-refractivity contribution in [3.05, 3.63) is 82.7 Å². The number of carbonyl (C=O) groups is 1. The maximum absolute atomic E-state index is 12.9. The van der Waals surface area contributed by atoms with Crippen LogP contribution >= 0.6 is 15.9 Å². The van der Waals surface area contributed by atoms with Crippen molar-refractivity contribution in [3.8, 4) is 5.75 Å². The summed E-state index contributed by atoms with van der Waals surface area (Å²) >= 11 is 3.38. The van der Waals surface area contributed by atoms with E-state index in [1.54, 1.807) is 59.7 Å². The second-order valence-electron chi connectivity index (χ2n) is 6.31. The Bertz CT molecular complexity index is 1080. The summed E-state index contributed by atoms with van der Waals surface area (Å²) in [4.78, 5) is 14.5. The van der Waals surface area contributed by atoms with Crippen molar-refractivity contribution in [2.75, 3.05) is 11.6 Å². The average Bonchev–Trinajstić information content (AvgIpc) is 3.13. The highest BCUT2D eigenvalue weighted by Gasteiger charge is 2.17. The predicted molar refractivity (Wildman–Crippen MR) is 113 cm³/mol. The molecule has 0 aliphatic rings. The summed E-state index contributed by atoms with van der Waals surface area (Å²) in [6, 6.07) is 17.1. The topological polar surface area (TPSA) is 88.9 Å². The van der Waals surface area contributed by atoms with E-state index in [9.17, 15) is 13.2 Å². The van der Waals surface area contributed by atoms with Gasteiger partial charge in [-0.25, -0.2) is 4.79 Å². The number of nitrogens with zero attached hydrogens (tertiary/aromatic N) is 1. The van der Waals surface area contributed by atoms with Gasteiger partial charge in [0.05, 0.1) is 19.1 Å². The molecule has 0 saturated heterocycles. The van der Waals surface area contributed by atoms with Crippen molar-refractivity contribution < 1.29 is 21.8 Å². The van der Waals surface area contributed by atoms with E-state index in [-0.39, 0.29) is 24.9 Å². The molecule has 0 spiro atoms. The molecule has 0 fully saturated rings. The number of hydrogen-bond acceptors (Lipinski definition) is 5. The Morgan fingerprint density at radius 1 is 1.10 bits per heavy atom. The smallest absolute Gasteiger partial charge is 0.322 e. The highest BCUT2D eigenvalue weighted by Crippen LogP contribution is 2.20. The minimum atomic E-state index is -3.64. The number of nitrogens with one attached hydrogen (secondary N) is 1. The fraction of sp³-hybridized carbons (Fsp3) is 0.150. The van der Waals surface area contributed by atoms with Crippen LogP contribution in [0.5, 0.6) is 5.75 Å². The van der Waals surface area contributed by atoms with Gasteiger partial charge in [-0.2, -0.15) is 8.42 Å². The van der Waals surface area contributed by atoms with Crippen LogP contribution in [-0.2, 0) is 23.2 Å². The van der Waals surface area contributed by atoms with Gasteiger partial charge in [0.25, 0.3) is 0 Å². The Hall–Kier alpha value is -2.78. The van der Waals surface area contributed by atoms with E-state index in [2.05, 4.69) is 21.2 Å². The van der Waals surface area contributed by atoms with E-state index in [0.29, 0.717) is 17.0 Å². The van der Waals surface area contributed by atoms with Gasteiger partial charge < -0.3 is 18.8 Å². The lowest BCUT2D eigenvalue weighted by Gasteiger charge is -2.22. The first-order valence-electron chi connectivity index (χ1n) is 8.61. The molecule has 1 N–H and O–H groups in total. The van der Waals surface area contributed by atoms with E-state index in [1.165, 1.54) is 0 Å². The summed E-state index contributed by atoms with van der Waals surface area (Å²) in [6.45, 7) is 0.464. The fourth-order valence-electron chi connectivity index (χ4n) is 2.65. The lowest BCUT2D eigenvalue weighted by molar-refractivity contribution is 0.201. The van der Waals surface area contributed by atoms with Gasteiger partial charge >= 0.3 is 16.1 Å². The number of anilines is 1. The van der Waals surface area contributed by atoms with Crippen LogP contribution in [-0.4, -0.2) is 25.6 Å². The quantitative estimate of drug-likeness (QED) is 0.500. The Morgan fingerprint density at radius 2 is 1.90 bits per heavy atom. The Labute approximate surface area is 177 Å². The second kappa shape index (κ2) is 9.15. The fourth-order valence-corrected chi connectivity index (χ4v) is 3.50. The van der Waals surface area contributed by atoms with Crippen LogP contribution in [0, 0.1) is 0 Å². The van der Waals surface area contributed by atoms with Gasteiger partial charge in [-0.3, -0.25) is 0 Å². The molecule has 29 heavy (non-hydrogen) atoms. The van der Waals surface area contributed by atoms with Crippen LogP contribution in [0.1, 0.15) is 11.3 Å². The lowest BCUT2D eigenvalue weighted by atomic mass is 10.2. The number of rotatable bonds is 7.